The van der Waals surface area contributed by atoms with E-state index in [1.807, 2.05) is 6.92 Å². The van der Waals surface area contributed by atoms with Gasteiger partial charge in [-0.05, 0) is 31.0 Å². The zero-order chi connectivity index (χ0) is 15.7. The predicted octanol–water partition coefficient (Wildman–Crippen LogP) is 0.837. The molecule has 1 amide bonds. The summed E-state index contributed by atoms with van der Waals surface area (Å²) in [7, 11) is 0. The maximum absolute atomic E-state index is 13.0. The van der Waals surface area contributed by atoms with Crippen molar-refractivity contribution in [2.75, 3.05) is 19.6 Å². The molecule has 0 aromatic heterocycles. The fraction of sp³-hybridized carbons (Fsp3) is 0.562. The van der Waals surface area contributed by atoms with E-state index in [2.05, 4.69) is 5.32 Å². The maximum Gasteiger partial charge on any atom is 0.240 e. The van der Waals surface area contributed by atoms with E-state index in [4.69, 9.17) is 4.74 Å². The normalized spacial score (nSPS) is 32.2. The largest absolute Gasteiger partial charge is 0.392 e. The second-order valence-corrected chi connectivity index (χ2v) is 6.08. The molecule has 2 heterocycles. The van der Waals surface area contributed by atoms with Crippen molar-refractivity contribution in [1.82, 2.24) is 10.2 Å². The number of nitrogens with one attached hydrogen (secondary N) is 1. The van der Waals surface area contributed by atoms with Crippen molar-refractivity contribution in [2.24, 2.45) is 0 Å². The van der Waals surface area contributed by atoms with E-state index in [-0.39, 0.29) is 30.0 Å². The molecule has 0 bridgehead atoms. The van der Waals surface area contributed by atoms with E-state index >= 15 is 0 Å². The first-order chi connectivity index (χ1) is 10.5. The van der Waals surface area contributed by atoms with Crippen LogP contribution in [0.4, 0.5) is 4.39 Å². The van der Waals surface area contributed by atoms with Crippen molar-refractivity contribution < 1.29 is 19.0 Å². The summed E-state index contributed by atoms with van der Waals surface area (Å²) < 4.78 is 18.9. The molecule has 5 nitrogen and oxygen atoms in total. The van der Waals surface area contributed by atoms with Gasteiger partial charge >= 0.3 is 0 Å². The number of morpholine rings is 1. The van der Waals surface area contributed by atoms with E-state index in [0.29, 0.717) is 26.1 Å². The van der Waals surface area contributed by atoms with E-state index in [9.17, 15) is 14.3 Å². The molecule has 0 spiro atoms. The number of halogens is 1. The first kappa shape index (κ1) is 15.4. The minimum absolute atomic E-state index is 0.00110. The average molecular weight is 308 g/mol. The molecule has 2 aliphatic rings. The highest BCUT2D eigenvalue weighted by Gasteiger charge is 2.35. The molecule has 4 unspecified atom stereocenters. The molecule has 0 aliphatic carbocycles. The van der Waals surface area contributed by atoms with Crippen LogP contribution < -0.4 is 5.32 Å². The standard InChI is InChI=1S/C16H21FN2O3/c1-10-8-19(16(21)14-6-13(20)7-18-14)9-15(22-10)11-2-4-12(17)5-3-11/h2-5,10,13-15,18,20H,6-9H2,1H3. The molecule has 6 heteroatoms. The van der Waals surface area contributed by atoms with Crippen molar-refractivity contribution in [3.05, 3.63) is 35.6 Å². The van der Waals surface area contributed by atoms with E-state index in [1.54, 1.807) is 17.0 Å². The first-order valence-corrected chi connectivity index (χ1v) is 7.64. The Morgan fingerprint density at radius 3 is 2.73 bits per heavy atom. The topological polar surface area (TPSA) is 61.8 Å². The first-order valence-electron chi connectivity index (χ1n) is 7.64. The van der Waals surface area contributed by atoms with Crippen LogP contribution in [0.25, 0.3) is 0 Å². The molecule has 22 heavy (non-hydrogen) atoms. The molecular weight excluding hydrogens is 287 g/mol. The summed E-state index contributed by atoms with van der Waals surface area (Å²) in [6, 6.07) is 5.86. The fourth-order valence-electron chi connectivity index (χ4n) is 3.12. The molecule has 2 saturated heterocycles. The SMILES string of the molecule is CC1CN(C(=O)C2CC(O)CN2)CC(c2ccc(F)cc2)O1. The molecule has 2 N–H and O–H groups in total. The van der Waals surface area contributed by atoms with Gasteiger partial charge in [-0.2, -0.15) is 0 Å². The third-order valence-electron chi connectivity index (χ3n) is 4.22. The highest BCUT2D eigenvalue weighted by atomic mass is 19.1. The Bertz CT molecular complexity index is 537. The minimum atomic E-state index is -0.458. The second-order valence-electron chi connectivity index (χ2n) is 6.08. The summed E-state index contributed by atoms with van der Waals surface area (Å²) in [5.41, 5.74) is 0.866. The Morgan fingerprint density at radius 1 is 1.36 bits per heavy atom. The number of ether oxygens (including phenoxy) is 1. The maximum atomic E-state index is 13.0. The van der Waals surface area contributed by atoms with Crippen LogP contribution in [-0.2, 0) is 9.53 Å². The Hall–Kier alpha value is -1.50. The predicted molar refractivity (Wildman–Crippen MR) is 78.7 cm³/mol. The van der Waals surface area contributed by atoms with Crippen molar-refractivity contribution in [1.29, 1.82) is 0 Å². The molecule has 2 aliphatic heterocycles. The molecule has 2 fully saturated rings. The summed E-state index contributed by atoms with van der Waals surface area (Å²) in [5.74, 6) is -0.288. The van der Waals surface area contributed by atoms with Gasteiger partial charge in [-0.25, -0.2) is 4.39 Å². The van der Waals surface area contributed by atoms with Gasteiger partial charge < -0.3 is 20.1 Å². The van der Waals surface area contributed by atoms with Crippen LogP contribution in [0.3, 0.4) is 0 Å². The Labute approximate surface area is 129 Å². The van der Waals surface area contributed by atoms with Gasteiger partial charge in [0.15, 0.2) is 0 Å². The molecule has 1 aromatic carbocycles. The highest BCUT2D eigenvalue weighted by Crippen LogP contribution is 2.26. The summed E-state index contributed by atoms with van der Waals surface area (Å²) in [6.45, 7) is 3.36. The number of rotatable bonds is 2. The zero-order valence-electron chi connectivity index (χ0n) is 12.5. The Balaban J connectivity index is 1.70. The quantitative estimate of drug-likeness (QED) is 0.850. The molecular formula is C16H21FN2O3. The van der Waals surface area contributed by atoms with Crippen molar-refractivity contribution in [2.45, 2.75) is 37.7 Å². The van der Waals surface area contributed by atoms with Crippen LogP contribution in [0.1, 0.15) is 25.0 Å². The summed E-state index contributed by atoms with van der Waals surface area (Å²) in [5, 5.41) is 12.6. The number of hydrogen-bond acceptors (Lipinski definition) is 4. The van der Waals surface area contributed by atoms with Crippen molar-refractivity contribution >= 4 is 5.91 Å². The zero-order valence-corrected chi connectivity index (χ0v) is 12.5. The van der Waals surface area contributed by atoms with Gasteiger partial charge in [-0.15, -0.1) is 0 Å². The summed E-state index contributed by atoms with van der Waals surface area (Å²) >= 11 is 0. The van der Waals surface area contributed by atoms with E-state index in [1.165, 1.54) is 12.1 Å². The van der Waals surface area contributed by atoms with Crippen LogP contribution in [-0.4, -0.2) is 53.8 Å². The number of carbonyl (C=O) groups is 1. The minimum Gasteiger partial charge on any atom is -0.392 e. The third-order valence-corrected chi connectivity index (χ3v) is 4.22. The van der Waals surface area contributed by atoms with Gasteiger partial charge in [-0.1, -0.05) is 12.1 Å². The number of carbonyl (C=O) groups excluding carboxylic acids is 1. The van der Waals surface area contributed by atoms with Gasteiger partial charge in [0.2, 0.25) is 5.91 Å². The van der Waals surface area contributed by atoms with Gasteiger partial charge in [0.05, 0.1) is 24.8 Å². The number of nitrogens with zero attached hydrogens (tertiary/aromatic N) is 1. The highest BCUT2D eigenvalue weighted by molar-refractivity contribution is 5.82. The van der Waals surface area contributed by atoms with Crippen molar-refractivity contribution in [3.63, 3.8) is 0 Å². The van der Waals surface area contributed by atoms with Gasteiger partial charge in [0.25, 0.3) is 0 Å². The Morgan fingerprint density at radius 2 is 2.09 bits per heavy atom. The molecule has 1 aromatic rings. The molecule has 3 rings (SSSR count). The lowest BCUT2D eigenvalue weighted by Gasteiger charge is -2.38. The average Bonchev–Trinajstić information content (AvgIpc) is 2.93. The van der Waals surface area contributed by atoms with Crippen LogP contribution >= 0.6 is 0 Å². The van der Waals surface area contributed by atoms with Crippen LogP contribution in [0, 0.1) is 5.82 Å². The Kier molecular flexibility index (Phi) is 4.42. The number of aliphatic hydroxyl groups excluding tert-OH is 1. The molecule has 0 saturated carbocycles. The van der Waals surface area contributed by atoms with Crippen LogP contribution in [0.5, 0.6) is 0 Å². The van der Waals surface area contributed by atoms with E-state index < -0.39 is 6.10 Å². The number of benzene rings is 1. The van der Waals surface area contributed by atoms with Crippen molar-refractivity contribution in [3.8, 4) is 0 Å². The third kappa shape index (κ3) is 3.29. The van der Waals surface area contributed by atoms with Gasteiger partial charge in [-0.3, -0.25) is 4.79 Å². The second kappa shape index (κ2) is 6.32. The number of aliphatic hydroxyl groups is 1. The lowest BCUT2D eigenvalue weighted by atomic mass is 10.1. The van der Waals surface area contributed by atoms with E-state index in [0.717, 1.165) is 5.56 Å². The summed E-state index contributed by atoms with van der Waals surface area (Å²) in [4.78, 5) is 14.3. The van der Waals surface area contributed by atoms with Gasteiger partial charge in [0.1, 0.15) is 11.9 Å². The fourth-order valence-corrected chi connectivity index (χ4v) is 3.12. The molecule has 120 valence electrons. The monoisotopic (exact) mass is 308 g/mol. The molecule has 0 radical (unpaired) electrons. The lowest BCUT2D eigenvalue weighted by Crippen LogP contribution is -2.51. The van der Waals surface area contributed by atoms with Crippen LogP contribution in [0.2, 0.25) is 0 Å². The van der Waals surface area contributed by atoms with Gasteiger partial charge in [0, 0.05) is 13.1 Å². The smallest absolute Gasteiger partial charge is 0.240 e. The number of β-amino-alcohol motifs (C(OH)–C–C–N with tert-alkyl or cyclic N) is 1. The lowest BCUT2D eigenvalue weighted by molar-refractivity contribution is -0.146. The number of hydrogen-bond donors (Lipinski definition) is 2. The summed E-state index contributed by atoms with van der Waals surface area (Å²) in [6.07, 6.45) is -0.342. The number of amides is 1. The molecule has 4 atom stereocenters. The van der Waals surface area contributed by atoms with Crippen LogP contribution in [0.15, 0.2) is 24.3 Å².